The second kappa shape index (κ2) is 8.32. The summed E-state index contributed by atoms with van der Waals surface area (Å²) >= 11 is 0. The van der Waals surface area contributed by atoms with Crippen molar-refractivity contribution < 1.29 is 4.79 Å². The van der Waals surface area contributed by atoms with Gasteiger partial charge < -0.3 is 10.2 Å². The molecule has 1 aliphatic rings. The topological polar surface area (TPSA) is 32.3 Å². The molecule has 0 radical (unpaired) electrons. The minimum absolute atomic E-state index is 0. The number of benzene rings is 2. The predicted molar refractivity (Wildman–Crippen MR) is 98.4 cm³/mol. The normalized spacial score (nSPS) is 15.2. The summed E-state index contributed by atoms with van der Waals surface area (Å²) in [5.41, 5.74) is 0.811. The van der Waals surface area contributed by atoms with Gasteiger partial charge in [-0.2, -0.15) is 0 Å². The molecule has 124 valence electrons. The highest BCUT2D eigenvalue weighted by Gasteiger charge is 2.25. The number of nitrogens with one attached hydrogen (secondary N) is 1. The fourth-order valence-electron chi connectivity index (χ4n) is 3.30. The third-order valence-corrected chi connectivity index (χ3v) is 4.47. The van der Waals surface area contributed by atoms with Crippen LogP contribution in [0.3, 0.4) is 0 Å². The zero-order valence-corrected chi connectivity index (χ0v) is 14.4. The van der Waals surface area contributed by atoms with E-state index in [0.29, 0.717) is 6.04 Å². The Morgan fingerprint density at radius 3 is 2.52 bits per heavy atom. The van der Waals surface area contributed by atoms with Crippen molar-refractivity contribution in [2.24, 2.45) is 0 Å². The van der Waals surface area contributed by atoms with Gasteiger partial charge in [0.15, 0.2) is 0 Å². The predicted octanol–water partition coefficient (Wildman–Crippen LogP) is 3.87. The van der Waals surface area contributed by atoms with E-state index in [2.05, 4.69) is 35.3 Å². The summed E-state index contributed by atoms with van der Waals surface area (Å²) < 4.78 is 0. The Morgan fingerprint density at radius 2 is 1.83 bits per heavy atom. The van der Waals surface area contributed by atoms with Crippen LogP contribution < -0.4 is 5.32 Å². The lowest BCUT2D eigenvalue weighted by Gasteiger charge is -2.34. The van der Waals surface area contributed by atoms with Gasteiger partial charge in [-0.25, -0.2) is 0 Å². The lowest BCUT2D eigenvalue weighted by molar-refractivity contribution is 0.0643. The molecule has 2 aromatic carbocycles. The van der Waals surface area contributed by atoms with Gasteiger partial charge in [-0.3, -0.25) is 4.79 Å². The highest BCUT2D eigenvalue weighted by Crippen LogP contribution is 2.20. The van der Waals surface area contributed by atoms with E-state index in [-0.39, 0.29) is 18.3 Å². The fraction of sp³-hybridized carbons (Fsp3) is 0.421. The zero-order chi connectivity index (χ0) is 15.4. The first-order valence-corrected chi connectivity index (χ1v) is 8.30. The molecule has 0 unspecified atom stereocenters. The molecule has 2 aromatic rings. The van der Waals surface area contributed by atoms with Gasteiger partial charge in [-0.1, -0.05) is 37.3 Å². The standard InChI is InChI=1S/C19H24N2O.ClH/c1-2-13-21(18-9-11-20-12-10-18)19(22)17-8-7-15-5-3-4-6-16(15)14-17;/h3-8,14,18,20H,2,9-13H2,1H3;1H. The number of hydrogen-bond donors (Lipinski definition) is 1. The zero-order valence-electron chi connectivity index (χ0n) is 13.6. The van der Waals surface area contributed by atoms with E-state index in [1.807, 2.05) is 24.3 Å². The first kappa shape index (κ1) is 17.8. The Morgan fingerprint density at radius 1 is 1.13 bits per heavy atom. The number of carbonyl (C=O) groups excluding carboxylic acids is 1. The monoisotopic (exact) mass is 332 g/mol. The molecule has 1 fully saturated rings. The third-order valence-electron chi connectivity index (χ3n) is 4.47. The van der Waals surface area contributed by atoms with Gasteiger partial charge in [0.1, 0.15) is 0 Å². The second-order valence-electron chi connectivity index (χ2n) is 6.04. The molecule has 1 aliphatic heterocycles. The number of amides is 1. The minimum Gasteiger partial charge on any atom is -0.336 e. The van der Waals surface area contributed by atoms with Crippen molar-refractivity contribution in [2.75, 3.05) is 19.6 Å². The van der Waals surface area contributed by atoms with E-state index in [4.69, 9.17) is 0 Å². The van der Waals surface area contributed by atoms with Crippen LogP contribution in [0.15, 0.2) is 42.5 Å². The summed E-state index contributed by atoms with van der Waals surface area (Å²) in [4.78, 5) is 15.1. The molecule has 0 spiro atoms. The molecule has 23 heavy (non-hydrogen) atoms. The van der Waals surface area contributed by atoms with Gasteiger partial charge >= 0.3 is 0 Å². The van der Waals surface area contributed by atoms with E-state index in [9.17, 15) is 4.79 Å². The molecule has 0 saturated carbocycles. The summed E-state index contributed by atoms with van der Waals surface area (Å²) in [5.74, 6) is 0.180. The summed E-state index contributed by atoms with van der Waals surface area (Å²) in [5, 5.41) is 5.69. The lowest BCUT2D eigenvalue weighted by Crippen LogP contribution is -2.46. The molecule has 0 aliphatic carbocycles. The molecule has 3 rings (SSSR count). The van der Waals surface area contributed by atoms with Crippen LogP contribution >= 0.6 is 12.4 Å². The second-order valence-corrected chi connectivity index (χ2v) is 6.04. The first-order chi connectivity index (χ1) is 10.8. The minimum atomic E-state index is 0. The van der Waals surface area contributed by atoms with Crippen molar-refractivity contribution in [1.29, 1.82) is 0 Å². The average molecular weight is 333 g/mol. The highest BCUT2D eigenvalue weighted by molar-refractivity contribution is 5.98. The van der Waals surface area contributed by atoms with Gasteiger partial charge in [-0.15, -0.1) is 12.4 Å². The maximum absolute atomic E-state index is 13.0. The molecular weight excluding hydrogens is 308 g/mol. The van der Waals surface area contributed by atoms with Crippen molar-refractivity contribution in [2.45, 2.75) is 32.2 Å². The van der Waals surface area contributed by atoms with Gasteiger partial charge in [0.2, 0.25) is 0 Å². The number of rotatable bonds is 4. The molecule has 3 nitrogen and oxygen atoms in total. The van der Waals surface area contributed by atoms with Crippen molar-refractivity contribution in [3.63, 3.8) is 0 Å². The molecule has 1 amide bonds. The van der Waals surface area contributed by atoms with Gasteiger partial charge in [-0.05, 0) is 55.3 Å². The highest BCUT2D eigenvalue weighted by atomic mass is 35.5. The van der Waals surface area contributed by atoms with Gasteiger partial charge in [0.25, 0.3) is 5.91 Å². The number of fused-ring (bicyclic) bond motifs is 1. The summed E-state index contributed by atoms with van der Waals surface area (Å²) in [6.07, 6.45) is 3.11. The molecule has 0 aromatic heterocycles. The van der Waals surface area contributed by atoms with Crippen LogP contribution in [0, 0.1) is 0 Å². The maximum Gasteiger partial charge on any atom is 0.254 e. The molecule has 1 heterocycles. The van der Waals surface area contributed by atoms with Crippen molar-refractivity contribution in [3.8, 4) is 0 Å². The number of piperidine rings is 1. The Balaban J connectivity index is 0.00000192. The number of nitrogens with zero attached hydrogens (tertiary/aromatic N) is 1. The largest absolute Gasteiger partial charge is 0.336 e. The Bertz CT molecular complexity index is 653. The molecule has 1 saturated heterocycles. The van der Waals surface area contributed by atoms with Crippen molar-refractivity contribution in [3.05, 3.63) is 48.0 Å². The van der Waals surface area contributed by atoms with E-state index in [1.165, 1.54) is 5.39 Å². The quantitative estimate of drug-likeness (QED) is 0.922. The van der Waals surface area contributed by atoms with Crippen LogP contribution in [0.4, 0.5) is 0 Å². The lowest BCUT2D eigenvalue weighted by atomic mass is 10.0. The Hall–Kier alpha value is -1.58. The molecular formula is C19H25ClN2O. The van der Waals surface area contributed by atoms with Crippen LogP contribution in [0.2, 0.25) is 0 Å². The molecule has 0 bridgehead atoms. The number of halogens is 1. The van der Waals surface area contributed by atoms with Crippen LogP contribution in [0.1, 0.15) is 36.5 Å². The average Bonchev–Trinajstić information content (AvgIpc) is 2.59. The first-order valence-electron chi connectivity index (χ1n) is 8.30. The van der Waals surface area contributed by atoms with Crippen LogP contribution in [0.5, 0.6) is 0 Å². The Kier molecular flexibility index (Phi) is 6.43. The van der Waals surface area contributed by atoms with Crippen molar-refractivity contribution >= 4 is 29.1 Å². The summed E-state index contributed by atoms with van der Waals surface area (Å²) in [6, 6.07) is 14.6. The Labute approximate surface area is 144 Å². The smallest absolute Gasteiger partial charge is 0.254 e. The molecule has 1 N–H and O–H groups in total. The van der Waals surface area contributed by atoms with Gasteiger partial charge in [0.05, 0.1) is 0 Å². The van der Waals surface area contributed by atoms with E-state index in [1.54, 1.807) is 0 Å². The van der Waals surface area contributed by atoms with Crippen LogP contribution in [0.25, 0.3) is 10.8 Å². The van der Waals surface area contributed by atoms with Crippen LogP contribution in [-0.4, -0.2) is 36.5 Å². The molecule has 4 heteroatoms. The van der Waals surface area contributed by atoms with E-state index in [0.717, 1.165) is 49.8 Å². The summed E-state index contributed by atoms with van der Waals surface area (Å²) in [7, 11) is 0. The molecule has 0 atom stereocenters. The van der Waals surface area contributed by atoms with E-state index < -0.39 is 0 Å². The summed E-state index contributed by atoms with van der Waals surface area (Å²) in [6.45, 7) is 5.00. The van der Waals surface area contributed by atoms with E-state index >= 15 is 0 Å². The maximum atomic E-state index is 13.0. The third kappa shape index (κ3) is 4.04. The number of carbonyl (C=O) groups is 1. The van der Waals surface area contributed by atoms with Crippen molar-refractivity contribution in [1.82, 2.24) is 10.2 Å². The SMILES string of the molecule is CCCN(C(=O)c1ccc2ccccc2c1)C1CCNCC1.Cl. The van der Waals surface area contributed by atoms with Gasteiger partial charge in [0, 0.05) is 18.2 Å². The number of hydrogen-bond acceptors (Lipinski definition) is 2. The fourth-order valence-corrected chi connectivity index (χ4v) is 3.30. The van der Waals surface area contributed by atoms with Crippen LogP contribution in [-0.2, 0) is 0 Å².